The molecule has 0 fully saturated rings. The van der Waals surface area contributed by atoms with E-state index in [1.807, 2.05) is 32.9 Å². The van der Waals surface area contributed by atoms with Crippen LogP contribution in [0.25, 0.3) is 0 Å². The molecule has 0 radical (unpaired) electrons. The van der Waals surface area contributed by atoms with Gasteiger partial charge in [0.05, 0.1) is 5.75 Å². The summed E-state index contributed by atoms with van der Waals surface area (Å²) in [6.45, 7) is 11.1. The van der Waals surface area contributed by atoms with Gasteiger partial charge in [0, 0.05) is 30.0 Å². The lowest BCUT2D eigenvalue weighted by molar-refractivity contribution is 0.101. The average Bonchev–Trinajstić information content (AvgIpc) is 2.76. The van der Waals surface area contributed by atoms with Crippen molar-refractivity contribution in [3.8, 4) is 0 Å². The number of hydrogen-bond acceptors (Lipinski definition) is 6. The molecule has 0 aliphatic rings. The number of aryl methyl sites for hydroxylation is 3. The van der Waals surface area contributed by atoms with Crippen molar-refractivity contribution in [1.29, 1.82) is 0 Å². The van der Waals surface area contributed by atoms with E-state index in [0.29, 0.717) is 5.69 Å². The van der Waals surface area contributed by atoms with E-state index in [1.54, 1.807) is 12.1 Å². The van der Waals surface area contributed by atoms with Crippen LogP contribution in [-0.4, -0.2) is 50.5 Å². The number of carbonyl (C=O) groups is 2. The molecule has 0 heterocycles. The van der Waals surface area contributed by atoms with Crippen molar-refractivity contribution < 1.29 is 22.7 Å². The van der Waals surface area contributed by atoms with E-state index in [-0.39, 0.29) is 5.56 Å². The van der Waals surface area contributed by atoms with E-state index in [0.717, 1.165) is 35.5 Å². The first kappa shape index (κ1) is 26.7. The lowest BCUT2D eigenvalue weighted by atomic mass is 10.1. The van der Waals surface area contributed by atoms with Crippen LogP contribution < -0.4 is 10.2 Å². The lowest BCUT2D eigenvalue weighted by Crippen LogP contribution is -2.30. The van der Waals surface area contributed by atoms with Crippen LogP contribution in [0.1, 0.15) is 40.9 Å². The Balaban J connectivity index is 1.97. The van der Waals surface area contributed by atoms with Gasteiger partial charge < -0.3 is 9.64 Å². The predicted octanol–water partition coefficient (Wildman–Crippen LogP) is 4.87. The van der Waals surface area contributed by atoms with Crippen molar-refractivity contribution in [2.24, 2.45) is 0 Å². The molecule has 2 aromatic rings. The fourth-order valence-electron chi connectivity index (χ4n) is 3.41. The van der Waals surface area contributed by atoms with Crippen LogP contribution >= 0.6 is 11.6 Å². The Morgan fingerprint density at radius 3 is 2.09 bits per heavy atom. The topological polar surface area (TPSA) is 92.8 Å². The fraction of sp³-hybridized carbons (Fsp3) is 0.417. The summed E-state index contributed by atoms with van der Waals surface area (Å²) in [7, 11) is -4.02. The monoisotopic (exact) mass is 494 g/mol. The minimum absolute atomic E-state index is 0.210. The molecule has 7 nitrogen and oxygen atoms in total. The number of nitrogens with zero attached hydrogens (tertiary/aromatic N) is 1. The number of hydrogen-bond donors (Lipinski definition) is 1. The molecule has 0 aliphatic carbocycles. The minimum atomic E-state index is -4.02. The fourth-order valence-corrected chi connectivity index (χ4v) is 4.79. The molecule has 1 unspecified atom stereocenters. The van der Waals surface area contributed by atoms with Crippen LogP contribution in [0.15, 0.2) is 36.4 Å². The number of rotatable bonds is 10. The number of Topliss-reactive ketones (excluding diaryl/α,β-unsaturated/α-hetero) is 1. The summed E-state index contributed by atoms with van der Waals surface area (Å²) in [5, 5.41) is 2.68. The Bertz CT molecular complexity index is 1070. The van der Waals surface area contributed by atoms with E-state index in [9.17, 15) is 18.0 Å². The first-order valence-corrected chi connectivity index (χ1v) is 12.9. The van der Waals surface area contributed by atoms with Gasteiger partial charge in [-0.2, -0.15) is 0 Å². The maximum absolute atomic E-state index is 12.4. The van der Waals surface area contributed by atoms with Crippen LogP contribution in [0.2, 0.25) is 0 Å². The minimum Gasteiger partial charge on any atom is -0.448 e. The Morgan fingerprint density at radius 1 is 1.03 bits per heavy atom. The molecule has 9 heteroatoms. The number of anilines is 2. The Labute approximate surface area is 201 Å². The standard InChI is InChI=1S/C24H31ClN2O5S/c1-6-27(7-2)20-14-17(4)21(18(5)15-20)26-24(29)32-12-13-33(30,31)23(25)22(28)19-10-8-16(3)9-11-19/h8-11,14-15,23H,6-7,12-13H2,1-5H3,(H,26,29). The number of carbonyl (C=O) groups excluding carboxylic acids is 2. The van der Waals surface area contributed by atoms with Gasteiger partial charge in [-0.25, -0.2) is 13.2 Å². The second-order valence-electron chi connectivity index (χ2n) is 7.80. The lowest BCUT2D eigenvalue weighted by Gasteiger charge is -2.23. The largest absolute Gasteiger partial charge is 0.448 e. The zero-order valence-corrected chi connectivity index (χ0v) is 21.2. The van der Waals surface area contributed by atoms with E-state index in [4.69, 9.17) is 16.3 Å². The zero-order valence-electron chi connectivity index (χ0n) is 19.6. The first-order valence-electron chi connectivity index (χ1n) is 10.8. The molecule has 2 aromatic carbocycles. The second-order valence-corrected chi connectivity index (χ2v) is 10.7. The number of ketones is 1. The predicted molar refractivity (Wildman–Crippen MR) is 133 cm³/mol. The zero-order chi connectivity index (χ0) is 24.8. The van der Waals surface area contributed by atoms with E-state index in [1.165, 1.54) is 12.1 Å². The number of sulfone groups is 1. The summed E-state index contributed by atoms with van der Waals surface area (Å²) < 4.78 is 28.2. The molecule has 0 aliphatic heterocycles. The van der Waals surface area contributed by atoms with Crippen molar-refractivity contribution >= 4 is 44.7 Å². The molecule has 1 atom stereocenters. The second kappa shape index (κ2) is 11.5. The number of halogens is 1. The molecule has 0 spiro atoms. The molecule has 33 heavy (non-hydrogen) atoms. The van der Waals surface area contributed by atoms with Crippen molar-refractivity contribution in [2.75, 3.05) is 35.7 Å². The maximum Gasteiger partial charge on any atom is 0.411 e. The van der Waals surface area contributed by atoms with Crippen LogP contribution in [-0.2, 0) is 14.6 Å². The van der Waals surface area contributed by atoms with Crippen molar-refractivity contribution in [2.45, 2.75) is 39.3 Å². The molecule has 1 N–H and O–H groups in total. The van der Waals surface area contributed by atoms with Crippen molar-refractivity contribution in [3.63, 3.8) is 0 Å². The highest BCUT2D eigenvalue weighted by Crippen LogP contribution is 2.27. The van der Waals surface area contributed by atoms with Crippen molar-refractivity contribution in [1.82, 2.24) is 0 Å². The van der Waals surface area contributed by atoms with Gasteiger partial charge in [0.25, 0.3) is 0 Å². The van der Waals surface area contributed by atoms with Gasteiger partial charge in [-0.3, -0.25) is 10.1 Å². The van der Waals surface area contributed by atoms with Gasteiger partial charge in [-0.15, -0.1) is 0 Å². The van der Waals surface area contributed by atoms with E-state index in [2.05, 4.69) is 24.1 Å². The first-order chi connectivity index (χ1) is 15.5. The van der Waals surface area contributed by atoms with E-state index >= 15 is 0 Å². The Hall–Kier alpha value is -2.58. The van der Waals surface area contributed by atoms with Crippen LogP contribution in [0.3, 0.4) is 0 Å². The van der Waals surface area contributed by atoms with Gasteiger partial charge in [-0.1, -0.05) is 41.4 Å². The highest BCUT2D eigenvalue weighted by Gasteiger charge is 2.31. The van der Waals surface area contributed by atoms with Gasteiger partial charge >= 0.3 is 6.09 Å². The summed E-state index contributed by atoms with van der Waals surface area (Å²) in [6.07, 6.45) is -0.775. The molecule has 180 valence electrons. The highest BCUT2D eigenvalue weighted by molar-refractivity contribution is 7.94. The third kappa shape index (κ3) is 6.95. The molecule has 0 aromatic heterocycles. The van der Waals surface area contributed by atoms with Crippen LogP contribution in [0.5, 0.6) is 0 Å². The molecular formula is C24H31ClN2O5S. The smallest absolute Gasteiger partial charge is 0.411 e. The Kier molecular flexibility index (Phi) is 9.31. The third-order valence-corrected chi connectivity index (χ3v) is 7.92. The summed E-state index contributed by atoms with van der Waals surface area (Å²) in [5.41, 5.74) is 4.56. The summed E-state index contributed by atoms with van der Waals surface area (Å²) in [5.74, 6) is -1.27. The molecule has 0 bridgehead atoms. The molecule has 0 saturated heterocycles. The SMILES string of the molecule is CCN(CC)c1cc(C)c(NC(=O)OCCS(=O)(=O)C(Cl)C(=O)c2ccc(C)cc2)c(C)c1. The van der Waals surface area contributed by atoms with Crippen LogP contribution in [0.4, 0.5) is 16.2 Å². The van der Waals surface area contributed by atoms with E-state index < -0.39 is 38.8 Å². The number of benzene rings is 2. The quantitative estimate of drug-likeness (QED) is 0.374. The molecule has 2 rings (SSSR count). The van der Waals surface area contributed by atoms with Crippen LogP contribution in [0, 0.1) is 20.8 Å². The van der Waals surface area contributed by atoms with Gasteiger partial charge in [0.1, 0.15) is 6.61 Å². The van der Waals surface area contributed by atoms with Crippen molar-refractivity contribution in [3.05, 3.63) is 58.7 Å². The normalized spacial score (nSPS) is 12.2. The van der Waals surface area contributed by atoms with Gasteiger partial charge in [-0.05, 0) is 57.9 Å². The molecule has 1 amide bonds. The Morgan fingerprint density at radius 2 is 1.58 bits per heavy atom. The number of ether oxygens (including phenoxy) is 1. The third-order valence-electron chi connectivity index (χ3n) is 5.33. The van der Waals surface area contributed by atoms with Gasteiger partial charge in [0.15, 0.2) is 20.3 Å². The number of nitrogens with one attached hydrogen (secondary N) is 1. The molecule has 0 saturated carbocycles. The summed E-state index contributed by atoms with van der Waals surface area (Å²) >= 11 is 5.95. The summed E-state index contributed by atoms with van der Waals surface area (Å²) in [4.78, 5) is 26.9. The number of alkyl halides is 1. The maximum atomic E-state index is 12.4. The highest BCUT2D eigenvalue weighted by atomic mass is 35.5. The number of amides is 1. The molecular weight excluding hydrogens is 464 g/mol. The average molecular weight is 495 g/mol. The van der Waals surface area contributed by atoms with Gasteiger partial charge in [0.2, 0.25) is 0 Å². The summed E-state index contributed by atoms with van der Waals surface area (Å²) in [6, 6.07) is 10.4.